The van der Waals surface area contributed by atoms with E-state index in [4.69, 9.17) is 4.74 Å². The summed E-state index contributed by atoms with van der Waals surface area (Å²) >= 11 is 0. The van der Waals surface area contributed by atoms with Gasteiger partial charge in [-0.3, -0.25) is 14.4 Å². The molecule has 0 bridgehead atoms. The fraction of sp³-hybridized carbons (Fsp3) is 0.357. The number of carbonyl (C=O) groups excluding carboxylic acids is 2. The number of hydrogen-bond acceptors (Lipinski definition) is 5. The lowest BCUT2D eigenvalue weighted by Crippen LogP contribution is -2.51. The molecule has 0 saturated carbocycles. The number of esters is 1. The van der Waals surface area contributed by atoms with Gasteiger partial charge >= 0.3 is 5.97 Å². The van der Waals surface area contributed by atoms with Crippen LogP contribution in [0, 0.1) is 23.4 Å². The molecule has 0 spiro atoms. The zero-order valence-corrected chi connectivity index (χ0v) is 20.9. The van der Waals surface area contributed by atoms with E-state index in [9.17, 15) is 23.2 Å². The second-order valence-corrected chi connectivity index (χ2v) is 10.1. The SMILES string of the molecule is CC(C)CC(=O)Oc1c2n(ncc1=O)[C@@H](C(c1cccc(F)c1)c1cccc(F)c1F)[C@H]1CCCN1C2=O. The molecule has 3 aromatic rings. The third kappa shape index (κ3) is 4.48. The fourth-order valence-electron chi connectivity index (χ4n) is 5.54. The number of fused-ring (bicyclic) bond motifs is 2. The van der Waals surface area contributed by atoms with Gasteiger partial charge in [0.2, 0.25) is 11.2 Å². The molecule has 3 heterocycles. The number of nitrogens with zero attached hydrogens (tertiary/aromatic N) is 3. The molecule has 2 aliphatic heterocycles. The number of carbonyl (C=O) groups is 2. The van der Waals surface area contributed by atoms with Gasteiger partial charge in [0.1, 0.15) is 5.82 Å². The molecule has 7 nitrogen and oxygen atoms in total. The number of hydrogen-bond donors (Lipinski definition) is 0. The van der Waals surface area contributed by atoms with Gasteiger partial charge in [-0.05, 0) is 42.5 Å². The molecule has 1 amide bonds. The zero-order valence-electron chi connectivity index (χ0n) is 20.9. The van der Waals surface area contributed by atoms with Crippen LogP contribution in [0.1, 0.15) is 66.7 Å². The van der Waals surface area contributed by atoms with Crippen molar-refractivity contribution >= 4 is 11.9 Å². The van der Waals surface area contributed by atoms with E-state index in [1.165, 1.54) is 35.0 Å². The summed E-state index contributed by atoms with van der Waals surface area (Å²) in [6.07, 6.45) is 2.10. The molecule has 1 fully saturated rings. The highest BCUT2D eigenvalue weighted by atomic mass is 19.2. The number of amides is 1. The van der Waals surface area contributed by atoms with Crippen molar-refractivity contribution in [2.75, 3.05) is 6.54 Å². The highest BCUT2D eigenvalue weighted by Gasteiger charge is 2.49. The lowest BCUT2D eigenvalue weighted by molar-refractivity contribution is -0.135. The van der Waals surface area contributed by atoms with Crippen LogP contribution in [0.5, 0.6) is 5.75 Å². The van der Waals surface area contributed by atoms with Crippen molar-refractivity contribution < 1.29 is 27.5 Å². The summed E-state index contributed by atoms with van der Waals surface area (Å²) in [7, 11) is 0. The van der Waals surface area contributed by atoms with Crippen molar-refractivity contribution in [2.45, 2.75) is 51.1 Å². The first-order valence-corrected chi connectivity index (χ1v) is 12.5. The third-order valence-electron chi connectivity index (χ3n) is 7.06. The van der Waals surface area contributed by atoms with Gasteiger partial charge in [0, 0.05) is 24.4 Å². The molecule has 1 saturated heterocycles. The van der Waals surface area contributed by atoms with E-state index < -0.39 is 58.5 Å². The Bertz CT molecular complexity index is 1470. The maximum absolute atomic E-state index is 15.3. The highest BCUT2D eigenvalue weighted by molar-refractivity contribution is 5.97. The standard InChI is InChI=1S/C28H26F3N3O4/c1-15(2)12-22(36)38-27-21(35)14-32-34-25(20-10-5-11-33(20)28(37)26(27)34)23(16-6-3-7-17(29)13-16)18-8-4-9-19(30)24(18)31/h3-4,6-9,13-15,20,23,25H,5,10-12H2,1-2H3/t20-,23?,25-/m1/s1. The lowest BCUT2D eigenvalue weighted by atomic mass is 9.79. The normalized spacial score (nSPS) is 19.3. The first-order valence-electron chi connectivity index (χ1n) is 12.5. The summed E-state index contributed by atoms with van der Waals surface area (Å²) in [5.74, 6) is -5.48. The van der Waals surface area contributed by atoms with Crippen LogP contribution in [0.3, 0.4) is 0 Å². The van der Waals surface area contributed by atoms with Crippen molar-refractivity contribution in [3.8, 4) is 5.75 Å². The average Bonchev–Trinajstić information content (AvgIpc) is 3.35. The quantitative estimate of drug-likeness (QED) is 0.440. The van der Waals surface area contributed by atoms with E-state index in [2.05, 4.69) is 5.10 Å². The van der Waals surface area contributed by atoms with E-state index >= 15 is 4.39 Å². The first kappa shape index (κ1) is 25.7. The van der Waals surface area contributed by atoms with Gasteiger partial charge in [0.25, 0.3) is 5.91 Å². The monoisotopic (exact) mass is 525 g/mol. The van der Waals surface area contributed by atoms with Crippen LogP contribution in [0.15, 0.2) is 53.5 Å². The number of rotatable bonds is 6. The van der Waals surface area contributed by atoms with Gasteiger partial charge in [-0.2, -0.15) is 5.10 Å². The summed E-state index contributed by atoms with van der Waals surface area (Å²) in [5, 5.41) is 4.24. The van der Waals surface area contributed by atoms with E-state index in [0.717, 1.165) is 12.3 Å². The predicted molar refractivity (Wildman–Crippen MR) is 131 cm³/mol. The van der Waals surface area contributed by atoms with Crippen LogP contribution >= 0.6 is 0 Å². The van der Waals surface area contributed by atoms with Crippen molar-refractivity contribution in [3.05, 3.63) is 93.2 Å². The van der Waals surface area contributed by atoms with Crippen molar-refractivity contribution in [3.63, 3.8) is 0 Å². The molecule has 198 valence electrons. The minimum Gasteiger partial charge on any atom is -0.420 e. The van der Waals surface area contributed by atoms with Crippen molar-refractivity contribution in [2.24, 2.45) is 5.92 Å². The summed E-state index contributed by atoms with van der Waals surface area (Å²) in [5.41, 5.74) is -0.703. The predicted octanol–water partition coefficient (Wildman–Crippen LogP) is 4.60. The van der Waals surface area contributed by atoms with Crippen LogP contribution in [-0.4, -0.2) is 39.1 Å². The summed E-state index contributed by atoms with van der Waals surface area (Å²) in [6.45, 7) is 3.97. The van der Waals surface area contributed by atoms with Crippen molar-refractivity contribution in [1.29, 1.82) is 0 Å². The van der Waals surface area contributed by atoms with Gasteiger partial charge in [0.05, 0.1) is 18.3 Å². The largest absolute Gasteiger partial charge is 0.420 e. The summed E-state index contributed by atoms with van der Waals surface area (Å²) in [4.78, 5) is 40.5. The van der Waals surface area contributed by atoms with Crippen LogP contribution in [-0.2, 0) is 4.79 Å². The second-order valence-electron chi connectivity index (χ2n) is 10.1. The Labute approximate surface area is 216 Å². The molecule has 2 aliphatic rings. The maximum atomic E-state index is 15.3. The molecule has 1 aromatic heterocycles. The molecule has 38 heavy (non-hydrogen) atoms. The average molecular weight is 526 g/mol. The Hall–Kier alpha value is -3.95. The molecule has 1 unspecified atom stereocenters. The molecular weight excluding hydrogens is 499 g/mol. The van der Waals surface area contributed by atoms with Crippen LogP contribution in [0.2, 0.25) is 0 Å². The minimum atomic E-state index is -1.10. The highest BCUT2D eigenvalue weighted by Crippen LogP contribution is 2.46. The van der Waals surface area contributed by atoms with E-state index in [1.807, 2.05) is 13.8 Å². The van der Waals surface area contributed by atoms with Gasteiger partial charge in [-0.1, -0.05) is 38.1 Å². The van der Waals surface area contributed by atoms with E-state index in [1.54, 1.807) is 11.0 Å². The molecule has 0 N–H and O–H groups in total. The van der Waals surface area contributed by atoms with Gasteiger partial charge in [-0.25, -0.2) is 17.9 Å². The third-order valence-corrected chi connectivity index (χ3v) is 7.06. The molecule has 10 heteroatoms. The second kappa shape index (κ2) is 10.1. The molecule has 2 aromatic carbocycles. The minimum absolute atomic E-state index is 0.0194. The van der Waals surface area contributed by atoms with Gasteiger partial charge < -0.3 is 9.64 Å². The van der Waals surface area contributed by atoms with E-state index in [-0.39, 0.29) is 23.6 Å². The maximum Gasteiger partial charge on any atom is 0.311 e. The Balaban J connectivity index is 1.76. The zero-order chi connectivity index (χ0) is 27.1. The smallest absolute Gasteiger partial charge is 0.311 e. The topological polar surface area (TPSA) is 81.5 Å². The lowest BCUT2D eigenvalue weighted by Gasteiger charge is -2.42. The van der Waals surface area contributed by atoms with Crippen molar-refractivity contribution in [1.82, 2.24) is 14.7 Å². The molecular formula is C28H26F3N3O4. The Morgan fingerprint density at radius 1 is 1.13 bits per heavy atom. The fourth-order valence-corrected chi connectivity index (χ4v) is 5.54. The first-order chi connectivity index (χ1) is 18.2. The Kier molecular flexibility index (Phi) is 6.81. The van der Waals surface area contributed by atoms with Gasteiger partial charge in [0.15, 0.2) is 17.3 Å². The van der Waals surface area contributed by atoms with E-state index in [0.29, 0.717) is 24.9 Å². The van der Waals surface area contributed by atoms with Crippen LogP contribution in [0.25, 0.3) is 0 Å². The van der Waals surface area contributed by atoms with Crippen LogP contribution < -0.4 is 10.2 Å². The number of halogens is 3. The number of ether oxygens (including phenoxy) is 1. The number of benzene rings is 2. The molecule has 5 rings (SSSR count). The van der Waals surface area contributed by atoms with Gasteiger partial charge in [-0.15, -0.1) is 0 Å². The number of aromatic nitrogens is 2. The molecule has 0 radical (unpaired) electrons. The Morgan fingerprint density at radius 3 is 2.63 bits per heavy atom. The Morgan fingerprint density at radius 2 is 1.89 bits per heavy atom. The molecule has 0 aliphatic carbocycles. The summed E-state index contributed by atoms with van der Waals surface area (Å²) in [6, 6.07) is 7.93. The van der Waals surface area contributed by atoms with Crippen LogP contribution in [0.4, 0.5) is 13.2 Å². The summed E-state index contributed by atoms with van der Waals surface area (Å²) < 4.78 is 50.9. The molecule has 3 atom stereocenters.